The van der Waals surface area contributed by atoms with Gasteiger partial charge in [0.25, 0.3) is 0 Å². The summed E-state index contributed by atoms with van der Waals surface area (Å²) in [5.74, 6) is -5.09. The second kappa shape index (κ2) is 4.97. The van der Waals surface area contributed by atoms with Crippen molar-refractivity contribution in [2.75, 3.05) is 6.61 Å². The van der Waals surface area contributed by atoms with Crippen LogP contribution in [0.15, 0.2) is 22.7 Å². The van der Waals surface area contributed by atoms with Gasteiger partial charge < -0.3 is 4.74 Å². The van der Waals surface area contributed by atoms with Gasteiger partial charge in [-0.15, -0.1) is 0 Å². The Morgan fingerprint density at radius 1 is 1.18 bits per heavy atom. The van der Waals surface area contributed by atoms with Gasteiger partial charge in [0.1, 0.15) is 5.75 Å². The van der Waals surface area contributed by atoms with Gasteiger partial charge in [0.05, 0.1) is 4.47 Å². The molecule has 0 fully saturated rings. The molecule has 0 radical (unpaired) electrons. The van der Waals surface area contributed by atoms with Crippen LogP contribution in [-0.4, -0.2) is 18.7 Å². The van der Waals surface area contributed by atoms with Crippen molar-refractivity contribution < 1.29 is 26.7 Å². The third-order valence-electron chi connectivity index (χ3n) is 1.72. The van der Waals surface area contributed by atoms with Crippen LogP contribution in [0.4, 0.5) is 22.0 Å². The van der Waals surface area contributed by atoms with Gasteiger partial charge in [-0.1, -0.05) is 11.6 Å². The Hall–Kier alpha value is -0.560. The van der Waals surface area contributed by atoms with E-state index >= 15 is 0 Å². The Morgan fingerprint density at radius 3 is 2.29 bits per heavy atom. The van der Waals surface area contributed by atoms with Crippen molar-refractivity contribution in [3.05, 3.63) is 27.7 Å². The predicted molar refractivity (Wildman–Crippen MR) is 55.6 cm³/mol. The maximum Gasteiger partial charge on any atom is 0.456 e. The van der Waals surface area contributed by atoms with Crippen LogP contribution in [0.2, 0.25) is 5.02 Å². The molecule has 1 aromatic carbocycles. The molecule has 1 nitrogen and oxygen atoms in total. The second-order valence-corrected chi connectivity index (χ2v) is 4.36. The highest BCUT2D eigenvalue weighted by molar-refractivity contribution is 9.10. The summed E-state index contributed by atoms with van der Waals surface area (Å²) >= 11 is 8.49. The van der Waals surface area contributed by atoms with Crippen LogP contribution in [0.3, 0.4) is 0 Å². The molecule has 0 spiro atoms. The summed E-state index contributed by atoms with van der Waals surface area (Å²) in [6, 6.07) is 3.95. The molecule has 0 aliphatic heterocycles. The van der Waals surface area contributed by atoms with Crippen LogP contribution >= 0.6 is 27.5 Å². The van der Waals surface area contributed by atoms with Crippen molar-refractivity contribution in [3.8, 4) is 5.75 Å². The fourth-order valence-corrected chi connectivity index (χ4v) is 1.36. The summed E-state index contributed by atoms with van der Waals surface area (Å²) in [5, 5.41) is 0.165. The average molecular weight is 339 g/mol. The summed E-state index contributed by atoms with van der Waals surface area (Å²) in [6.07, 6.45) is -5.64. The van der Waals surface area contributed by atoms with E-state index in [1.54, 1.807) is 0 Å². The van der Waals surface area contributed by atoms with Gasteiger partial charge >= 0.3 is 12.1 Å². The van der Waals surface area contributed by atoms with Crippen molar-refractivity contribution >= 4 is 27.5 Å². The molecule has 0 N–H and O–H groups in total. The van der Waals surface area contributed by atoms with Crippen LogP contribution in [0.5, 0.6) is 5.75 Å². The third kappa shape index (κ3) is 3.70. The van der Waals surface area contributed by atoms with Crippen molar-refractivity contribution in [2.45, 2.75) is 12.1 Å². The lowest BCUT2D eigenvalue weighted by Crippen LogP contribution is -2.41. The zero-order valence-corrected chi connectivity index (χ0v) is 10.3. The predicted octanol–water partition coefficient (Wildman–Crippen LogP) is 4.68. The molecule has 96 valence electrons. The quantitative estimate of drug-likeness (QED) is 0.727. The Kier molecular flexibility index (Phi) is 4.24. The number of benzene rings is 1. The van der Waals surface area contributed by atoms with Crippen molar-refractivity contribution in [1.82, 2.24) is 0 Å². The fourth-order valence-electron chi connectivity index (χ4n) is 0.838. The van der Waals surface area contributed by atoms with Gasteiger partial charge in [0.2, 0.25) is 0 Å². The average Bonchev–Trinajstić information content (AvgIpc) is 2.18. The summed E-state index contributed by atoms with van der Waals surface area (Å²) in [4.78, 5) is 0. The van der Waals surface area contributed by atoms with E-state index in [-0.39, 0.29) is 15.2 Å². The van der Waals surface area contributed by atoms with Crippen LogP contribution in [0.25, 0.3) is 0 Å². The molecule has 8 heteroatoms. The van der Waals surface area contributed by atoms with E-state index in [0.29, 0.717) is 0 Å². The first-order chi connectivity index (χ1) is 7.63. The molecule has 0 amide bonds. The van der Waals surface area contributed by atoms with Gasteiger partial charge in [-0.3, -0.25) is 0 Å². The fraction of sp³-hybridized carbons (Fsp3) is 0.333. The van der Waals surface area contributed by atoms with Crippen LogP contribution in [-0.2, 0) is 0 Å². The van der Waals surface area contributed by atoms with Gasteiger partial charge in [0, 0.05) is 5.02 Å². The van der Waals surface area contributed by atoms with Crippen molar-refractivity contribution in [1.29, 1.82) is 0 Å². The Labute approximate surface area is 107 Å². The molecule has 1 aromatic rings. The number of rotatable bonds is 3. The molecule has 0 aromatic heterocycles. The molecule has 0 saturated carbocycles. The van der Waals surface area contributed by atoms with E-state index in [4.69, 9.17) is 11.6 Å². The molecule has 0 bridgehead atoms. The Morgan fingerprint density at radius 2 is 1.76 bits per heavy atom. The Bertz CT molecular complexity index is 407. The van der Waals surface area contributed by atoms with Crippen molar-refractivity contribution in [3.63, 3.8) is 0 Å². The smallest absolute Gasteiger partial charge is 0.456 e. The van der Waals surface area contributed by atoms with Gasteiger partial charge in [-0.2, -0.15) is 22.0 Å². The molecular weight excluding hydrogens is 334 g/mol. The van der Waals surface area contributed by atoms with Gasteiger partial charge in [-0.25, -0.2) is 0 Å². The zero-order chi connectivity index (χ0) is 13.3. The topological polar surface area (TPSA) is 9.23 Å². The lowest BCUT2D eigenvalue weighted by atomic mass is 10.3. The van der Waals surface area contributed by atoms with E-state index in [9.17, 15) is 22.0 Å². The highest BCUT2D eigenvalue weighted by Gasteiger charge is 2.58. The normalized spacial score (nSPS) is 12.6. The van der Waals surface area contributed by atoms with E-state index in [2.05, 4.69) is 20.7 Å². The van der Waals surface area contributed by atoms with E-state index < -0.39 is 18.7 Å². The van der Waals surface area contributed by atoms with Crippen molar-refractivity contribution in [2.24, 2.45) is 0 Å². The highest BCUT2D eigenvalue weighted by atomic mass is 79.9. The first-order valence-corrected chi connectivity index (χ1v) is 5.33. The molecule has 0 unspecified atom stereocenters. The van der Waals surface area contributed by atoms with E-state index in [1.807, 2.05) is 0 Å². The van der Waals surface area contributed by atoms with Gasteiger partial charge in [0.15, 0.2) is 6.61 Å². The summed E-state index contributed by atoms with van der Waals surface area (Å²) < 4.78 is 65.3. The Balaban J connectivity index is 2.77. The minimum absolute atomic E-state index is 0.165. The highest BCUT2D eigenvalue weighted by Crippen LogP contribution is 2.37. The minimum Gasteiger partial charge on any atom is -0.486 e. The summed E-state index contributed by atoms with van der Waals surface area (Å²) in [5.41, 5.74) is 0. The lowest BCUT2D eigenvalue weighted by molar-refractivity contribution is -0.290. The monoisotopic (exact) mass is 338 g/mol. The lowest BCUT2D eigenvalue weighted by Gasteiger charge is -2.20. The van der Waals surface area contributed by atoms with Crippen LogP contribution in [0, 0.1) is 0 Å². The van der Waals surface area contributed by atoms with E-state index in [0.717, 1.165) is 6.07 Å². The van der Waals surface area contributed by atoms with Crippen LogP contribution < -0.4 is 4.74 Å². The number of hydrogen-bond donors (Lipinski definition) is 0. The third-order valence-corrected chi connectivity index (χ3v) is 2.61. The minimum atomic E-state index is -5.64. The SMILES string of the molecule is FC(F)(F)C(F)(F)COc1cc(Cl)ccc1Br. The molecule has 17 heavy (non-hydrogen) atoms. The van der Waals surface area contributed by atoms with Crippen LogP contribution in [0.1, 0.15) is 0 Å². The standard InChI is InChI=1S/C9H5BrClF5O/c10-6-2-1-5(11)3-7(6)17-4-8(12,13)9(14,15)16/h1-3H,4H2. The maximum atomic E-state index is 12.6. The molecule has 0 aliphatic rings. The molecule has 0 atom stereocenters. The number of hydrogen-bond acceptors (Lipinski definition) is 1. The molecule has 0 aliphatic carbocycles. The first-order valence-electron chi connectivity index (χ1n) is 4.16. The summed E-state index contributed by atoms with van der Waals surface area (Å²) in [7, 11) is 0. The van der Waals surface area contributed by atoms with E-state index in [1.165, 1.54) is 12.1 Å². The summed E-state index contributed by atoms with van der Waals surface area (Å²) in [6.45, 7) is -1.80. The second-order valence-electron chi connectivity index (χ2n) is 3.07. The number of halogens is 7. The zero-order valence-electron chi connectivity index (χ0n) is 7.99. The molecule has 1 rings (SSSR count). The number of alkyl halides is 5. The molecule has 0 heterocycles. The molecule has 0 saturated heterocycles. The largest absolute Gasteiger partial charge is 0.486 e. The molecular formula is C9H5BrClF5O. The maximum absolute atomic E-state index is 12.6. The first kappa shape index (κ1) is 14.5. The number of ether oxygens (including phenoxy) is 1. The van der Waals surface area contributed by atoms with Gasteiger partial charge in [-0.05, 0) is 34.1 Å².